The zero-order chi connectivity index (χ0) is 23.4. The summed E-state index contributed by atoms with van der Waals surface area (Å²) in [6.07, 6.45) is 1.00. The van der Waals surface area contributed by atoms with Crippen molar-refractivity contribution in [1.82, 2.24) is 0 Å². The molecule has 0 aliphatic carbocycles. The second-order valence-electron chi connectivity index (χ2n) is 6.26. The normalized spacial score (nSPS) is 10.2. The van der Waals surface area contributed by atoms with Gasteiger partial charge in [0.1, 0.15) is 10.7 Å². The molecule has 12 heteroatoms. The molecule has 1 heterocycles. The van der Waals surface area contributed by atoms with Crippen LogP contribution in [-0.4, -0.2) is 26.3 Å². The first-order valence-corrected chi connectivity index (χ1v) is 8.71. The van der Waals surface area contributed by atoms with E-state index in [1.165, 1.54) is 6.07 Å². The van der Waals surface area contributed by atoms with Gasteiger partial charge in [-0.15, -0.1) is 0 Å². The van der Waals surface area contributed by atoms with Crippen molar-refractivity contribution >= 4 is 34.9 Å². The summed E-state index contributed by atoms with van der Waals surface area (Å²) in [5, 5.41) is 32.5. The average Bonchev–Trinajstić information content (AvgIpc) is 3.26. The number of carbonyl (C=O) groups excluding carboxylic acids is 2. The Morgan fingerprint density at radius 3 is 1.44 bits per heavy atom. The van der Waals surface area contributed by atoms with Gasteiger partial charge in [-0.3, -0.25) is 39.9 Å². The minimum absolute atomic E-state index is 0.0573. The van der Waals surface area contributed by atoms with Crippen molar-refractivity contribution in [3.05, 3.63) is 113 Å². The molecule has 0 unspecified atom stereocenters. The molecular weight excluding hydrogens is 426 g/mol. The van der Waals surface area contributed by atoms with Crippen molar-refractivity contribution in [2.75, 3.05) is 0 Å². The topological polar surface area (TPSA) is 177 Å². The van der Waals surface area contributed by atoms with Crippen molar-refractivity contribution in [2.45, 2.75) is 0 Å². The molecule has 2 aromatic carbocycles. The van der Waals surface area contributed by atoms with Gasteiger partial charge in [0.05, 0.1) is 21.5 Å². The van der Waals surface area contributed by atoms with Crippen LogP contribution in [0.15, 0.2) is 70.7 Å². The average molecular weight is 437 g/mol. The van der Waals surface area contributed by atoms with Gasteiger partial charge in [-0.25, -0.2) is 0 Å². The Kier molecular flexibility index (Phi) is 5.96. The molecule has 0 N–H and O–H groups in total. The summed E-state index contributed by atoms with van der Waals surface area (Å²) in [7, 11) is 0. The van der Waals surface area contributed by atoms with Gasteiger partial charge in [0.25, 0.3) is 11.4 Å². The first-order chi connectivity index (χ1) is 15.2. The fourth-order valence-corrected chi connectivity index (χ4v) is 2.67. The molecule has 0 aliphatic rings. The number of furan rings is 1. The van der Waals surface area contributed by atoms with Gasteiger partial charge in [0.2, 0.25) is 0 Å². The molecule has 3 rings (SSSR count). The van der Waals surface area contributed by atoms with Crippen LogP contribution in [0.4, 0.5) is 17.3 Å². The monoisotopic (exact) mass is 437 g/mol. The lowest BCUT2D eigenvalue weighted by molar-refractivity contribution is -0.402. The molecule has 32 heavy (non-hydrogen) atoms. The maximum atomic E-state index is 13.0. The van der Waals surface area contributed by atoms with Gasteiger partial charge in [-0.1, -0.05) is 0 Å². The Balaban J connectivity index is 2.05. The number of nitro groups is 3. The van der Waals surface area contributed by atoms with Crippen LogP contribution in [-0.2, 0) is 0 Å². The van der Waals surface area contributed by atoms with Crippen LogP contribution in [0.25, 0.3) is 6.08 Å². The molecular formula is C20H11N3O9. The molecule has 0 atom stereocenters. The van der Waals surface area contributed by atoms with Crippen LogP contribution in [0.1, 0.15) is 26.5 Å². The molecule has 3 aromatic rings. The third kappa shape index (κ3) is 4.59. The fraction of sp³-hybridized carbons (Fsp3) is 0. The van der Waals surface area contributed by atoms with E-state index in [1.807, 2.05) is 0 Å². The van der Waals surface area contributed by atoms with Crippen molar-refractivity contribution < 1.29 is 28.8 Å². The van der Waals surface area contributed by atoms with E-state index in [2.05, 4.69) is 0 Å². The molecule has 0 saturated heterocycles. The molecule has 0 spiro atoms. The molecule has 12 nitrogen and oxygen atoms in total. The second kappa shape index (κ2) is 8.79. The summed E-state index contributed by atoms with van der Waals surface area (Å²) in [5.41, 5.74) is -1.11. The lowest BCUT2D eigenvalue weighted by Crippen LogP contribution is -2.14. The summed E-state index contributed by atoms with van der Waals surface area (Å²) in [6, 6.07) is 11.2. The first kappa shape index (κ1) is 21.7. The van der Waals surface area contributed by atoms with E-state index < -0.39 is 37.8 Å². The van der Waals surface area contributed by atoms with Crippen LogP contribution in [0.3, 0.4) is 0 Å². The van der Waals surface area contributed by atoms with Gasteiger partial charge in [0, 0.05) is 35.4 Å². The number of hydrogen-bond donors (Lipinski definition) is 0. The lowest BCUT2D eigenvalue weighted by atomic mass is 9.94. The molecule has 0 aliphatic heterocycles. The zero-order valence-corrected chi connectivity index (χ0v) is 15.9. The van der Waals surface area contributed by atoms with E-state index >= 15 is 0 Å². The van der Waals surface area contributed by atoms with Crippen LogP contribution in [0.2, 0.25) is 0 Å². The molecule has 0 bridgehead atoms. The minimum Gasteiger partial charge on any atom is -0.401 e. The fourth-order valence-electron chi connectivity index (χ4n) is 2.67. The number of carbonyl (C=O) groups is 2. The summed E-state index contributed by atoms with van der Waals surface area (Å²) in [6.45, 7) is 0. The second-order valence-corrected chi connectivity index (χ2v) is 6.26. The number of rotatable bonds is 8. The van der Waals surface area contributed by atoms with Crippen LogP contribution >= 0.6 is 0 Å². The highest BCUT2D eigenvalue weighted by atomic mass is 16.7. The Bertz CT molecular complexity index is 1200. The van der Waals surface area contributed by atoms with Gasteiger partial charge in [-0.05, 0) is 36.4 Å². The number of Topliss-reactive ketones (excluding diaryl/α,β-unsaturated/α-hetero) is 2. The Hall–Kier alpha value is -5.00. The Labute approximate surface area is 177 Å². The van der Waals surface area contributed by atoms with Gasteiger partial charge in [-0.2, -0.15) is 0 Å². The van der Waals surface area contributed by atoms with E-state index in [9.17, 15) is 39.9 Å². The van der Waals surface area contributed by atoms with E-state index in [4.69, 9.17) is 4.42 Å². The van der Waals surface area contributed by atoms with Gasteiger partial charge in [0.15, 0.2) is 11.6 Å². The molecule has 0 saturated carbocycles. The quantitative estimate of drug-likeness (QED) is 0.125. The Morgan fingerprint density at radius 2 is 1.09 bits per heavy atom. The van der Waals surface area contributed by atoms with Crippen LogP contribution in [0, 0.1) is 30.3 Å². The summed E-state index contributed by atoms with van der Waals surface area (Å²) >= 11 is 0. The molecule has 160 valence electrons. The maximum absolute atomic E-state index is 13.0. The highest BCUT2D eigenvalue weighted by Gasteiger charge is 2.24. The highest BCUT2D eigenvalue weighted by Crippen LogP contribution is 2.24. The molecule has 1 aromatic heterocycles. The van der Waals surface area contributed by atoms with Crippen LogP contribution < -0.4 is 0 Å². The van der Waals surface area contributed by atoms with Crippen molar-refractivity contribution in [3.63, 3.8) is 0 Å². The number of benzene rings is 2. The predicted octanol–water partition coefficient (Wildman–Crippen LogP) is 4.15. The summed E-state index contributed by atoms with van der Waals surface area (Å²) in [5.74, 6) is -2.43. The molecule has 0 radical (unpaired) electrons. The summed E-state index contributed by atoms with van der Waals surface area (Å²) < 4.78 is 4.99. The Morgan fingerprint density at radius 1 is 0.656 bits per heavy atom. The van der Waals surface area contributed by atoms with Crippen molar-refractivity contribution in [3.8, 4) is 0 Å². The van der Waals surface area contributed by atoms with E-state index in [-0.39, 0.29) is 28.3 Å². The van der Waals surface area contributed by atoms with Crippen molar-refractivity contribution in [2.24, 2.45) is 0 Å². The standard InChI is InChI=1S/C20H11N3O9/c24-19(12-1-5-14(6-2-12)21(26)27)17(11-16-9-10-18(32-16)23(30)31)20(25)13-3-7-15(8-4-13)22(28)29/h1-11H. The zero-order valence-electron chi connectivity index (χ0n) is 15.9. The first-order valence-electron chi connectivity index (χ1n) is 8.71. The molecule has 0 fully saturated rings. The van der Waals surface area contributed by atoms with E-state index in [1.54, 1.807) is 0 Å². The minimum atomic E-state index is -0.831. The SMILES string of the molecule is O=C(C(=Cc1ccc([N+](=O)[O-])o1)C(=O)c1ccc([N+](=O)[O-])cc1)c1ccc([N+](=O)[O-])cc1. The predicted molar refractivity (Wildman–Crippen MR) is 108 cm³/mol. The number of nitrogens with zero attached hydrogens (tertiary/aromatic N) is 3. The third-order valence-electron chi connectivity index (χ3n) is 4.25. The number of ketones is 2. The number of allylic oxidation sites excluding steroid dienone is 1. The smallest absolute Gasteiger partial charge is 0.401 e. The number of nitro benzene ring substituents is 2. The maximum Gasteiger partial charge on any atom is 0.433 e. The van der Waals surface area contributed by atoms with Gasteiger partial charge < -0.3 is 4.42 Å². The third-order valence-corrected chi connectivity index (χ3v) is 4.25. The summed E-state index contributed by atoms with van der Waals surface area (Å²) in [4.78, 5) is 56.4. The lowest BCUT2D eigenvalue weighted by Gasteiger charge is -2.06. The molecule has 0 amide bonds. The van der Waals surface area contributed by atoms with Gasteiger partial charge >= 0.3 is 5.88 Å². The van der Waals surface area contributed by atoms with Crippen molar-refractivity contribution in [1.29, 1.82) is 0 Å². The highest BCUT2D eigenvalue weighted by molar-refractivity contribution is 6.33. The van der Waals surface area contributed by atoms with E-state index in [0.717, 1.165) is 60.7 Å². The number of non-ortho nitro benzene ring substituents is 2. The van der Waals surface area contributed by atoms with Crippen LogP contribution in [0.5, 0.6) is 0 Å². The number of hydrogen-bond acceptors (Lipinski definition) is 9. The van der Waals surface area contributed by atoms with E-state index in [0.29, 0.717) is 0 Å². The largest absolute Gasteiger partial charge is 0.433 e.